The van der Waals surface area contributed by atoms with Crippen LogP contribution in [0.15, 0.2) is 42.5 Å². The molecule has 136 valence electrons. The van der Waals surface area contributed by atoms with E-state index in [2.05, 4.69) is 9.47 Å². The van der Waals surface area contributed by atoms with Gasteiger partial charge < -0.3 is 14.2 Å². The zero-order valence-corrected chi connectivity index (χ0v) is 13.0. The molecular formula is C17H11F4NO4. The molecule has 0 fully saturated rings. The van der Waals surface area contributed by atoms with E-state index < -0.39 is 37.1 Å². The molecule has 0 saturated heterocycles. The Bertz CT molecular complexity index is 803. The van der Waals surface area contributed by atoms with Crippen molar-refractivity contribution in [1.29, 1.82) is 5.26 Å². The highest BCUT2D eigenvalue weighted by molar-refractivity contribution is 6.00. The molecule has 0 spiro atoms. The average molecular weight is 369 g/mol. The van der Waals surface area contributed by atoms with E-state index >= 15 is 0 Å². The smallest absolute Gasteiger partial charge is 0.387 e. The van der Waals surface area contributed by atoms with Gasteiger partial charge in [-0.15, -0.1) is 0 Å². The Balaban J connectivity index is 2.13. The van der Waals surface area contributed by atoms with Crippen LogP contribution in [0.1, 0.15) is 15.9 Å². The summed E-state index contributed by atoms with van der Waals surface area (Å²) in [6.07, 6.45) is 0. The van der Waals surface area contributed by atoms with Gasteiger partial charge in [-0.2, -0.15) is 22.8 Å². The van der Waals surface area contributed by atoms with E-state index in [4.69, 9.17) is 10.00 Å². The number of rotatable bonds is 8. The van der Waals surface area contributed by atoms with Crippen molar-refractivity contribution in [3.8, 4) is 23.3 Å². The molecule has 0 heterocycles. The van der Waals surface area contributed by atoms with Crippen molar-refractivity contribution in [1.82, 2.24) is 0 Å². The van der Waals surface area contributed by atoms with Gasteiger partial charge in [-0.25, -0.2) is 0 Å². The molecule has 0 radical (unpaired) electrons. The van der Waals surface area contributed by atoms with Crippen LogP contribution in [0, 0.1) is 11.3 Å². The SMILES string of the molecule is N#Cc1ccc(OCC(=O)c2ccc(OC(F)F)cc2OC(F)F)cc1. The lowest BCUT2D eigenvalue weighted by atomic mass is 10.1. The molecule has 0 aliphatic rings. The second-order valence-corrected chi connectivity index (χ2v) is 4.76. The number of ketones is 1. The van der Waals surface area contributed by atoms with Crippen LogP contribution in [-0.4, -0.2) is 25.6 Å². The van der Waals surface area contributed by atoms with E-state index in [9.17, 15) is 22.4 Å². The Labute approximate surface area is 145 Å². The minimum Gasteiger partial charge on any atom is -0.485 e. The lowest BCUT2D eigenvalue weighted by Crippen LogP contribution is -2.15. The summed E-state index contributed by atoms with van der Waals surface area (Å²) in [5.74, 6) is -1.47. The molecule has 2 aromatic rings. The Morgan fingerprint density at radius 3 is 2.15 bits per heavy atom. The van der Waals surface area contributed by atoms with Gasteiger partial charge in [-0.1, -0.05) is 0 Å². The van der Waals surface area contributed by atoms with Gasteiger partial charge >= 0.3 is 13.2 Å². The van der Waals surface area contributed by atoms with Crippen molar-refractivity contribution in [2.45, 2.75) is 13.2 Å². The summed E-state index contributed by atoms with van der Waals surface area (Å²) < 4.78 is 63.0. The van der Waals surface area contributed by atoms with Gasteiger partial charge in [-0.3, -0.25) is 4.79 Å². The van der Waals surface area contributed by atoms with Crippen molar-refractivity contribution in [3.05, 3.63) is 53.6 Å². The number of carbonyl (C=O) groups is 1. The zero-order chi connectivity index (χ0) is 19.1. The van der Waals surface area contributed by atoms with Crippen LogP contribution in [-0.2, 0) is 0 Å². The molecular weight excluding hydrogens is 358 g/mol. The number of nitrogens with zero attached hydrogens (tertiary/aromatic N) is 1. The van der Waals surface area contributed by atoms with E-state index in [1.165, 1.54) is 24.3 Å². The predicted octanol–water partition coefficient (Wildman–Crippen LogP) is 4.02. The highest BCUT2D eigenvalue weighted by Crippen LogP contribution is 2.28. The molecule has 0 amide bonds. The molecule has 0 N–H and O–H groups in total. The molecule has 5 nitrogen and oxygen atoms in total. The second kappa shape index (κ2) is 8.71. The maximum absolute atomic E-state index is 12.5. The van der Waals surface area contributed by atoms with Crippen molar-refractivity contribution >= 4 is 5.78 Å². The first-order valence-electron chi connectivity index (χ1n) is 7.09. The normalized spacial score (nSPS) is 10.5. The van der Waals surface area contributed by atoms with Crippen molar-refractivity contribution in [2.24, 2.45) is 0 Å². The Hall–Kier alpha value is -3.28. The van der Waals surface area contributed by atoms with Crippen LogP contribution < -0.4 is 14.2 Å². The minimum atomic E-state index is -3.26. The fourth-order valence-corrected chi connectivity index (χ4v) is 1.96. The number of hydrogen-bond donors (Lipinski definition) is 0. The van der Waals surface area contributed by atoms with Gasteiger partial charge in [-0.05, 0) is 36.4 Å². The quantitative estimate of drug-likeness (QED) is 0.519. The molecule has 0 aliphatic heterocycles. The largest absolute Gasteiger partial charge is 0.485 e. The van der Waals surface area contributed by atoms with Crippen molar-refractivity contribution < 1.29 is 36.6 Å². The third kappa shape index (κ3) is 5.37. The summed E-state index contributed by atoms with van der Waals surface area (Å²) in [5.41, 5.74) is 0.117. The molecule has 26 heavy (non-hydrogen) atoms. The molecule has 0 aliphatic carbocycles. The molecule has 0 bridgehead atoms. The standard InChI is InChI=1S/C17H11F4NO4/c18-16(19)25-12-5-6-13(15(7-12)26-17(20)21)14(23)9-24-11-3-1-10(8-22)2-4-11/h1-7,16-17H,9H2. The maximum Gasteiger partial charge on any atom is 0.387 e. The summed E-state index contributed by atoms with van der Waals surface area (Å²) in [5, 5.41) is 8.70. The Kier molecular flexibility index (Phi) is 6.38. The van der Waals surface area contributed by atoms with Gasteiger partial charge in [0.05, 0.1) is 17.2 Å². The number of benzene rings is 2. The van der Waals surface area contributed by atoms with Crippen molar-refractivity contribution in [2.75, 3.05) is 6.61 Å². The monoisotopic (exact) mass is 369 g/mol. The van der Waals surface area contributed by atoms with Crippen LogP contribution in [0.25, 0.3) is 0 Å². The van der Waals surface area contributed by atoms with Crippen LogP contribution in [0.4, 0.5) is 17.6 Å². The highest BCUT2D eigenvalue weighted by Gasteiger charge is 2.18. The number of nitriles is 1. The van der Waals surface area contributed by atoms with Gasteiger partial charge in [0.15, 0.2) is 6.61 Å². The van der Waals surface area contributed by atoms with Crippen LogP contribution in [0.3, 0.4) is 0 Å². The van der Waals surface area contributed by atoms with Crippen LogP contribution in [0.5, 0.6) is 17.2 Å². The van der Waals surface area contributed by atoms with Gasteiger partial charge in [0, 0.05) is 6.07 Å². The van der Waals surface area contributed by atoms with E-state index in [0.717, 1.165) is 18.2 Å². The number of ether oxygens (including phenoxy) is 3. The fourth-order valence-electron chi connectivity index (χ4n) is 1.96. The minimum absolute atomic E-state index is 0.277. The van der Waals surface area contributed by atoms with E-state index in [1.54, 1.807) is 0 Å². The molecule has 2 aromatic carbocycles. The lowest BCUT2D eigenvalue weighted by Gasteiger charge is -2.13. The Morgan fingerprint density at radius 2 is 1.58 bits per heavy atom. The molecule has 9 heteroatoms. The molecule has 0 unspecified atom stereocenters. The van der Waals surface area contributed by atoms with E-state index in [-0.39, 0.29) is 11.3 Å². The summed E-state index contributed by atoms with van der Waals surface area (Å²) in [4.78, 5) is 12.2. The molecule has 2 rings (SSSR count). The fraction of sp³-hybridized carbons (Fsp3) is 0.176. The summed E-state index contributed by atoms with van der Waals surface area (Å²) in [6, 6.07) is 10.6. The first-order chi connectivity index (χ1) is 12.4. The van der Waals surface area contributed by atoms with Crippen molar-refractivity contribution in [3.63, 3.8) is 0 Å². The first-order valence-corrected chi connectivity index (χ1v) is 7.09. The number of carbonyl (C=O) groups excluding carboxylic acids is 1. The third-order valence-electron chi connectivity index (χ3n) is 3.05. The number of alkyl halides is 4. The topological polar surface area (TPSA) is 68.5 Å². The van der Waals surface area contributed by atoms with Crippen LogP contribution in [0.2, 0.25) is 0 Å². The molecule has 0 saturated carbocycles. The molecule has 0 atom stereocenters. The van der Waals surface area contributed by atoms with Crippen LogP contribution >= 0.6 is 0 Å². The van der Waals surface area contributed by atoms with E-state index in [0.29, 0.717) is 5.56 Å². The molecule has 0 aromatic heterocycles. The van der Waals surface area contributed by atoms with Gasteiger partial charge in [0.25, 0.3) is 0 Å². The summed E-state index contributed by atoms with van der Waals surface area (Å²) in [7, 11) is 0. The van der Waals surface area contributed by atoms with Gasteiger partial charge in [0.2, 0.25) is 5.78 Å². The first kappa shape index (κ1) is 19.1. The Morgan fingerprint density at radius 1 is 0.962 bits per heavy atom. The van der Waals surface area contributed by atoms with E-state index in [1.807, 2.05) is 6.07 Å². The zero-order valence-electron chi connectivity index (χ0n) is 13.0. The summed E-state index contributed by atoms with van der Waals surface area (Å²) in [6.45, 7) is -6.93. The van der Waals surface area contributed by atoms with Gasteiger partial charge in [0.1, 0.15) is 17.2 Å². The predicted molar refractivity (Wildman–Crippen MR) is 80.7 cm³/mol. The maximum atomic E-state index is 12.5. The number of hydrogen-bond acceptors (Lipinski definition) is 5. The average Bonchev–Trinajstić information content (AvgIpc) is 2.59. The highest BCUT2D eigenvalue weighted by atomic mass is 19.3. The number of Topliss-reactive ketones (excluding diaryl/α,β-unsaturated/α-hetero) is 1. The lowest BCUT2D eigenvalue weighted by molar-refractivity contribution is -0.0544. The number of halogens is 4. The second-order valence-electron chi connectivity index (χ2n) is 4.76. The summed E-state index contributed by atoms with van der Waals surface area (Å²) >= 11 is 0. The third-order valence-corrected chi connectivity index (χ3v) is 3.05.